The number of H-pyrrole nitrogens is 1. The van der Waals surface area contributed by atoms with Crippen LogP contribution in [-0.2, 0) is 11.2 Å². The van der Waals surface area contributed by atoms with Crippen molar-refractivity contribution in [2.24, 2.45) is 5.92 Å². The van der Waals surface area contributed by atoms with Crippen molar-refractivity contribution in [3.8, 4) is 0 Å². The van der Waals surface area contributed by atoms with Crippen LogP contribution in [0.4, 0.5) is 10.5 Å². The maximum atomic E-state index is 14.0. The molecule has 6 rings (SSSR count). The van der Waals surface area contributed by atoms with Crippen LogP contribution in [0.2, 0.25) is 0 Å². The summed E-state index contributed by atoms with van der Waals surface area (Å²) in [5, 5.41) is 4.01. The van der Waals surface area contributed by atoms with Crippen LogP contribution in [0.15, 0.2) is 72.8 Å². The number of nitrogens with one attached hydrogen (secondary N) is 2. The van der Waals surface area contributed by atoms with Crippen LogP contribution >= 0.6 is 0 Å². The van der Waals surface area contributed by atoms with Crippen LogP contribution in [0.5, 0.6) is 0 Å². The second-order valence-electron chi connectivity index (χ2n) is 10.9. The molecular formula is C32H32N4O3. The lowest BCUT2D eigenvalue weighted by Gasteiger charge is -2.36. The molecule has 39 heavy (non-hydrogen) atoms. The molecule has 2 atom stereocenters. The van der Waals surface area contributed by atoms with Gasteiger partial charge in [0.15, 0.2) is 0 Å². The van der Waals surface area contributed by atoms with Crippen LogP contribution in [0, 0.1) is 12.8 Å². The van der Waals surface area contributed by atoms with Crippen LogP contribution in [0.3, 0.4) is 0 Å². The van der Waals surface area contributed by atoms with Gasteiger partial charge < -0.3 is 10.3 Å². The Labute approximate surface area is 227 Å². The third-order valence-corrected chi connectivity index (χ3v) is 7.84. The first kappa shape index (κ1) is 24.9. The van der Waals surface area contributed by atoms with Crippen molar-refractivity contribution in [2.45, 2.75) is 45.7 Å². The minimum atomic E-state index is -0.616. The molecule has 2 aliphatic rings. The quantitative estimate of drug-likeness (QED) is 0.318. The molecule has 1 saturated heterocycles. The highest BCUT2D eigenvalue weighted by Crippen LogP contribution is 2.44. The number of hydrogen-bond donors (Lipinski definition) is 2. The third kappa shape index (κ3) is 4.28. The molecule has 0 aliphatic carbocycles. The first-order valence-corrected chi connectivity index (χ1v) is 13.5. The van der Waals surface area contributed by atoms with E-state index in [0.717, 1.165) is 39.7 Å². The van der Waals surface area contributed by atoms with E-state index in [2.05, 4.69) is 30.2 Å². The van der Waals surface area contributed by atoms with Gasteiger partial charge in [0, 0.05) is 35.1 Å². The average molecular weight is 521 g/mol. The molecule has 0 radical (unpaired) electrons. The number of aryl methyl sites for hydroxylation is 1. The van der Waals surface area contributed by atoms with Gasteiger partial charge in [0.2, 0.25) is 0 Å². The van der Waals surface area contributed by atoms with Gasteiger partial charge in [0.25, 0.3) is 11.8 Å². The molecule has 0 spiro atoms. The van der Waals surface area contributed by atoms with E-state index in [1.54, 1.807) is 29.2 Å². The van der Waals surface area contributed by atoms with Crippen molar-refractivity contribution in [2.75, 3.05) is 11.4 Å². The minimum Gasteiger partial charge on any atom is -0.356 e. The van der Waals surface area contributed by atoms with Crippen molar-refractivity contribution in [1.82, 2.24) is 15.2 Å². The fourth-order valence-corrected chi connectivity index (χ4v) is 5.75. The summed E-state index contributed by atoms with van der Waals surface area (Å²) >= 11 is 0. The largest absolute Gasteiger partial charge is 0.356 e. The number of para-hydroxylation sites is 1. The molecule has 2 N–H and O–H groups in total. The Morgan fingerprint density at radius 2 is 1.72 bits per heavy atom. The first-order valence-electron chi connectivity index (χ1n) is 13.5. The Morgan fingerprint density at radius 1 is 1.00 bits per heavy atom. The van der Waals surface area contributed by atoms with E-state index < -0.39 is 12.1 Å². The Bertz CT molecular complexity index is 1570. The van der Waals surface area contributed by atoms with E-state index in [0.29, 0.717) is 30.1 Å². The molecule has 2 unspecified atom stereocenters. The highest BCUT2D eigenvalue weighted by atomic mass is 16.2. The number of carbonyl (C=O) groups is 3. The van der Waals surface area contributed by atoms with Crippen LogP contribution in [-0.4, -0.2) is 40.3 Å². The minimum absolute atomic E-state index is 0.163. The summed E-state index contributed by atoms with van der Waals surface area (Å²) in [6.07, 6.45) is 1.34. The standard InChI is InChI=1S/C32H32N4O3/c1-19(2)16-17-33-30(37)22-12-14-23(15-13-22)35-31(38)27-18-25-24-6-4-5-7-26(24)34-28(25)29(36(27)32(35)39)21-10-8-20(3)9-11-21/h4-15,19,27,29,34H,16-18H2,1-3H3,(H,33,37). The van der Waals surface area contributed by atoms with Crippen molar-refractivity contribution in [1.29, 1.82) is 0 Å². The Morgan fingerprint density at radius 3 is 2.44 bits per heavy atom. The number of aromatic nitrogens is 1. The van der Waals surface area contributed by atoms with Crippen molar-refractivity contribution in [3.63, 3.8) is 0 Å². The molecule has 3 heterocycles. The lowest BCUT2D eigenvalue weighted by Crippen LogP contribution is -2.44. The highest BCUT2D eigenvalue weighted by molar-refractivity contribution is 6.22. The molecule has 4 aromatic rings. The van der Waals surface area contributed by atoms with E-state index in [1.807, 2.05) is 49.4 Å². The van der Waals surface area contributed by atoms with Gasteiger partial charge in [-0.05, 0) is 60.7 Å². The molecule has 198 valence electrons. The molecule has 2 aliphatic heterocycles. The van der Waals surface area contributed by atoms with E-state index in [4.69, 9.17) is 0 Å². The van der Waals surface area contributed by atoms with Gasteiger partial charge in [-0.1, -0.05) is 61.9 Å². The molecular weight excluding hydrogens is 488 g/mol. The van der Waals surface area contributed by atoms with Crippen molar-refractivity contribution < 1.29 is 14.4 Å². The second kappa shape index (κ2) is 9.73. The fourth-order valence-electron chi connectivity index (χ4n) is 5.75. The summed E-state index contributed by atoms with van der Waals surface area (Å²) in [5.74, 6) is 0.0901. The van der Waals surface area contributed by atoms with E-state index in [-0.39, 0.29) is 17.8 Å². The van der Waals surface area contributed by atoms with Gasteiger partial charge in [-0.3, -0.25) is 14.5 Å². The zero-order valence-corrected chi connectivity index (χ0v) is 22.4. The number of anilines is 1. The number of rotatable bonds is 6. The van der Waals surface area contributed by atoms with E-state index in [1.165, 1.54) is 4.90 Å². The third-order valence-electron chi connectivity index (χ3n) is 7.84. The number of hydrogen-bond acceptors (Lipinski definition) is 3. The summed E-state index contributed by atoms with van der Waals surface area (Å²) in [6, 6.07) is 21.5. The molecule has 4 amide bonds. The van der Waals surface area contributed by atoms with Gasteiger partial charge in [-0.2, -0.15) is 0 Å². The van der Waals surface area contributed by atoms with Crippen molar-refractivity contribution >= 4 is 34.4 Å². The summed E-state index contributed by atoms with van der Waals surface area (Å²) < 4.78 is 0. The SMILES string of the molecule is Cc1ccc(C2c3[nH]c4ccccc4c3CC3C(=O)N(c4ccc(C(=O)NCCC(C)C)cc4)C(=O)N32)cc1. The molecule has 0 saturated carbocycles. The second-order valence-corrected chi connectivity index (χ2v) is 10.9. The zero-order valence-electron chi connectivity index (χ0n) is 22.4. The van der Waals surface area contributed by atoms with Crippen molar-refractivity contribution in [3.05, 3.63) is 101 Å². The molecule has 3 aromatic carbocycles. The summed E-state index contributed by atoms with van der Waals surface area (Å²) in [6.45, 7) is 6.86. The summed E-state index contributed by atoms with van der Waals surface area (Å²) in [7, 11) is 0. The average Bonchev–Trinajstić information content (AvgIpc) is 3.42. The number of aromatic amines is 1. The summed E-state index contributed by atoms with van der Waals surface area (Å²) in [5.41, 5.74) is 6.07. The van der Waals surface area contributed by atoms with Gasteiger partial charge in [0.05, 0.1) is 5.69 Å². The topological polar surface area (TPSA) is 85.5 Å². The van der Waals surface area contributed by atoms with Crippen LogP contribution in [0.25, 0.3) is 10.9 Å². The fraction of sp³-hybridized carbons (Fsp3) is 0.281. The number of fused-ring (bicyclic) bond motifs is 4. The number of amides is 4. The lowest BCUT2D eigenvalue weighted by atomic mass is 9.88. The number of carbonyl (C=O) groups excluding carboxylic acids is 3. The highest BCUT2D eigenvalue weighted by Gasteiger charge is 2.53. The molecule has 1 fully saturated rings. The number of benzene rings is 3. The van der Waals surface area contributed by atoms with Gasteiger partial charge in [-0.15, -0.1) is 0 Å². The number of imide groups is 1. The number of urea groups is 1. The Balaban J connectivity index is 1.35. The monoisotopic (exact) mass is 520 g/mol. The van der Waals surface area contributed by atoms with Crippen LogP contribution < -0.4 is 10.2 Å². The predicted octanol–water partition coefficient (Wildman–Crippen LogP) is 5.74. The smallest absolute Gasteiger partial charge is 0.332 e. The first-order chi connectivity index (χ1) is 18.8. The van der Waals surface area contributed by atoms with E-state index >= 15 is 0 Å². The maximum Gasteiger partial charge on any atom is 0.332 e. The molecule has 7 heteroatoms. The normalized spacial score (nSPS) is 18.6. The lowest BCUT2D eigenvalue weighted by molar-refractivity contribution is -0.120. The maximum absolute atomic E-state index is 14.0. The predicted molar refractivity (Wildman–Crippen MR) is 152 cm³/mol. The Kier molecular flexibility index (Phi) is 6.22. The number of nitrogens with zero attached hydrogens (tertiary/aromatic N) is 2. The Hall–Kier alpha value is -4.39. The van der Waals surface area contributed by atoms with Gasteiger partial charge in [0.1, 0.15) is 12.1 Å². The van der Waals surface area contributed by atoms with Crippen LogP contribution in [0.1, 0.15) is 59.1 Å². The van der Waals surface area contributed by atoms with E-state index in [9.17, 15) is 14.4 Å². The molecule has 7 nitrogen and oxygen atoms in total. The van der Waals surface area contributed by atoms with Gasteiger partial charge >= 0.3 is 6.03 Å². The zero-order chi connectivity index (χ0) is 27.3. The molecule has 1 aromatic heterocycles. The summed E-state index contributed by atoms with van der Waals surface area (Å²) in [4.78, 5) is 46.9. The van der Waals surface area contributed by atoms with Gasteiger partial charge in [-0.25, -0.2) is 9.69 Å². The molecule has 0 bridgehead atoms.